The zero-order chi connectivity index (χ0) is 21.6. The molecule has 0 aliphatic rings. The summed E-state index contributed by atoms with van der Waals surface area (Å²) in [6.07, 6.45) is 1.01. The molecule has 0 saturated heterocycles. The summed E-state index contributed by atoms with van der Waals surface area (Å²) in [5.41, 5.74) is 13.0. The number of nitrogens with two attached hydrogens (primary N) is 2. The lowest BCUT2D eigenvalue weighted by molar-refractivity contribution is -0.192. The van der Waals surface area contributed by atoms with E-state index in [1.54, 1.807) is 36.7 Å². The number of nitrogens with zero attached hydrogens (tertiary/aromatic N) is 4. The zero-order valence-corrected chi connectivity index (χ0v) is 14.5. The van der Waals surface area contributed by atoms with Gasteiger partial charge in [-0.05, 0) is 24.3 Å². The molecule has 0 bridgehead atoms. The van der Waals surface area contributed by atoms with Gasteiger partial charge in [0.15, 0.2) is 11.5 Å². The van der Waals surface area contributed by atoms with Crippen LogP contribution in [0.3, 0.4) is 0 Å². The molecule has 0 aromatic carbocycles. The number of anilines is 2. The van der Waals surface area contributed by atoms with Crippen molar-refractivity contribution in [1.29, 1.82) is 0 Å². The van der Waals surface area contributed by atoms with Crippen molar-refractivity contribution in [1.82, 2.24) is 19.9 Å². The molecule has 5 N–H and O–H groups in total. The third kappa shape index (κ3) is 5.69. The number of carbonyl (C=O) groups excluding carboxylic acids is 1. The molecule has 0 saturated carbocycles. The number of aromatic nitrogens is 4. The lowest BCUT2D eigenvalue weighted by Gasteiger charge is -2.06. The summed E-state index contributed by atoms with van der Waals surface area (Å²) >= 11 is 0. The summed E-state index contributed by atoms with van der Waals surface area (Å²) in [7, 11) is 0. The Morgan fingerprint density at radius 2 is 1.69 bits per heavy atom. The van der Waals surface area contributed by atoms with E-state index in [9.17, 15) is 18.0 Å². The Labute approximate surface area is 161 Å². The van der Waals surface area contributed by atoms with Gasteiger partial charge < -0.3 is 16.6 Å². The summed E-state index contributed by atoms with van der Waals surface area (Å²) < 4.78 is 31.7. The summed E-state index contributed by atoms with van der Waals surface area (Å²) in [5.74, 6) is -2.62. The molecule has 0 radical (unpaired) electrons. The maximum atomic E-state index is 12.4. The van der Waals surface area contributed by atoms with E-state index in [1.807, 2.05) is 0 Å². The van der Waals surface area contributed by atoms with Crippen molar-refractivity contribution in [3.63, 3.8) is 0 Å². The van der Waals surface area contributed by atoms with Crippen LogP contribution < -0.4 is 11.5 Å². The topological polar surface area (TPSA) is 158 Å². The number of carboxylic acids is 1. The first-order chi connectivity index (χ1) is 13.6. The van der Waals surface area contributed by atoms with Gasteiger partial charge in [-0.2, -0.15) is 13.2 Å². The summed E-state index contributed by atoms with van der Waals surface area (Å²) in [6, 6.07) is 6.72. The number of aliphatic carboxylic acids is 1. The Bertz CT molecular complexity index is 1010. The van der Waals surface area contributed by atoms with Gasteiger partial charge in [0.25, 0.3) is 0 Å². The summed E-state index contributed by atoms with van der Waals surface area (Å²) in [4.78, 5) is 37.6. The Morgan fingerprint density at radius 3 is 2.21 bits per heavy atom. The number of hydrogen-bond donors (Lipinski definition) is 3. The number of carboxylic acid groups (broad SMARTS) is 1. The number of rotatable bonds is 3. The largest absolute Gasteiger partial charge is 0.490 e. The quantitative estimate of drug-likeness (QED) is 0.553. The van der Waals surface area contributed by atoms with Gasteiger partial charge in [-0.15, -0.1) is 0 Å². The molecule has 0 atom stereocenters. The minimum atomic E-state index is -5.08. The average molecular weight is 406 g/mol. The first kappa shape index (κ1) is 21.2. The number of ketones is 1. The van der Waals surface area contributed by atoms with Gasteiger partial charge in [0.1, 0.15) is 5.82 Å². The molecule has 0 unspecified atom stereocenters. The molecular formula is C17H13F3N6O3. The molecule has 12 heteroatoms. The first-order valence-corrected chi connectivity index (χ1v) is 7.69. The predicted molar refractivity (Wildman–Crippen MR) is 95.4 cm³/mol. The van der Waals surface area contributed by atoms with Crippen LogP contribution in [-0.2, 0) is 4.79 Å². The molecule has 0 aliphatic carbocycles. The van der Waals surface area contributed by atoms with Gasteiger partial charge in [0.05, 0.1) is 11.9 Å². The lowest BCUT2D eigenvalue weighted by atomic mass is 10.1. The first-order valence-electron chi connectivity index (χ1n) is 7.69. The smallest absolute Gasteiger partial charge is 0.475 e. The van der Waals surface area contributed by atoms with Gasteiger partial charge in [-0.25, -0.2) is 19.7 Å². The Morgan fingerprint density at radius 1 is 1.00 bits per heavy atom. The van der Waals surface area contributed by atoms with Crippen LogP contribution in [0.5, 0.6) is 0 Å². The minimum Gasteiger partial charge on any atom is -0.475 e. The van der Waals surface area contributed by atoms with E-state index in [-0.39, 0.29) is 17.3 Å². The normalized spacial score (nSPS) is 10.6. The van der Waals surface area contributed by atoms with Crippen LogP contribution in [-0.4, -0.2) is 43.0 Å². The second-order valence-electron chi connectivity index (χ2n) is 5.33. The third-order valence-corrected chi connectivity index (χ3v) is 3.26. The highest BCUT2D eigenvalue weighted by molar-refractivity contribution is 6.10. The van der Waals surface area contributed by atoms with E-state index in [0.29, 0.717) is 22.6 Å². The number of halogens is 3. The van der Waals surface area contributed by atoms with E-state index < -0.39 is 12.1 Å². The van der Waals surface area contributed by atoms with Crippen LogP contribution in [0.4, 0.5) is 24.8 Å². The van der Waals surface area contributed by atoms with Gasteiger partial charge in [0.2, 0.25) is 5.78 Å². The summed E-state index contributed by atoms with van der Waals surface area (Å²) in [5, 5.41) is 7.12. The Kier molecular flexibility index (Phi) is 6.39. The molecular weight excluding hydrogens is 393 g/mol. The molecule has 3 aromatic rings. The van der Waals surface area contributed by atoms with Crippen LogP contribution in [0.1, 0.15) is 16.1 Å². The van der Waals surface area contributed by atoms with Gasteiger partial charge >= 0.3 is 12.1 Å². The monoisotopic (exact) mass is 406 g/mol. The van der Waals surface area contributed by atoms with Crippen molar-refractivity contribution in [2.75, 3.05) is 11.5 Å². The van der Waals surface area contributed by atoms with Crippen molar-refractivity contribution >= 4 is 23.4 Å². The molecule has 0 amide bonds. The van der Waals surface area contributed by atoms with Gasteiger partial charge in [-0.1, -0.05) is 0 Å². The standard InChI is InChI=1S/C15H12N6O.C2HF3O2/c16-12-4-3-9(7-19-12)11-8-20-15(17)13(21-11)14(22)10-2-1-5-18-6-10;3-2(4,5)1(6)7/h1-8H,(H2,16,19)(H2,17,20);(H,6,7). The fourth-order valence-electron chi connectivity index (χ4n) is 1.90. The highest BCUT2D eigenvalue weighted by atomic mass is 19.4. The molecule has 3 aromatic heterocycles. The van der Waals surface area contributed by atoms with Crippen molar-refractivity contribution in [2.24, 2.45) is 0 Å². The van der Waals surface area contributed by atoms with Crippen molar-refractivity contribution < 1.29 is 27.9 Å². The second-order valence-corrected chi connectivity index (χ2v) is 5.33. The Hall–Kier alpha value is -4.09. The van der Waals surface area contributed by atoms with Crippen molar-refractivity contribution in [2.45, 2.75) is 6.18 Å². The van der Waals surface area contributed by atoms with E-state index in [0.717, 1.165) is 0 Å². The van der Waals surface area contributed by atoms with E-state index >= 15 is 0 Å². The van der Waals surface area contributed by atoms with Crippen LogP contribution in [0.15, 0.2) is 49.1 Å². The number of hydrogen-bond acceptors (Lipinski definition) is 8. The molecule has 0 aliphatic heterocycles. The summed E-state index contributed by atoms with van der Waals surface area (Å²) in [6.45, 7) is 0. The van der Waals surface area contributed by atoms with Crippen LogP contribution >= 0.6 is 0 Å². The molecule has 9 nitrogen and oxygen atoms in total. The fourth-order valence-corrected chi connectivity index (χ4v) is 1.90. The van der Waals surface area contributed by atoms with E-state index in [1.165, 1.54) is 12.4 Å². The van der Waals surface area contributed by atoms with Crippen LogP contribution in [0, 0.1) is 0 Å². The molecule has 150 valence electrons. The maximum absolute atomic E-state index is 12.4. The van der Waals surface area contributed by atoms with Gasteiger partial charge in [-0.3, -0.25) is 9.78 Å². The third-order valence-electron chi connectivity index (χ3n) is 3.26. The van der Waals surface area contributed by atoms with E-state index in [2.05, 4.69) is 19.9 Å². The zero-order valence-electron chi connectivity index (χ0n) is 14.5. The lowest BCUT2D eigenvalue weighted by Crippen LogP contribution is -2.21. The second kappa shape index (κ2) is 8.73. The van der Waals surface area contributed by atoms with Crippen molar-refractivity contribution in [3.05, 3.63) is 60.3 Å². The molecule has 3 heterocycles. The molecule has 3 rings (SSSR count). The Balaban J connectivity index is 0.000000370. The van der Waals surface area contributed by atoms with E-state index in [4.69, 9.17) is 21.4 Å². The SMILES string of the molecule is Nc1ccc(-c2cnc(N)c(C(=O)c3cccnc3)n2)cn1.O=C(O)C(F)(F)F. The maximum Gasteiger partial charge on any atom is 0.490 e. The van der Waals surface area contributed by atoms with Crippen LogP contribution in [0.25, 0.3) is 11.3 Å². The predicted octanol–water partition coefficient (Wildman–Crippen LogP) is 1.96. The number of nitrogen functional groups attached to an aromatic ring is 2. The molecule has 0 spiro atoms. The van der Waals surface area contributed by atoms with Crippen molar-refractivity contribution in [3.8, 4) is 11.3 Å². The van der Waals surface area contributed by atoms with Crippen LogP contribution in [0.2, 0.25) is 0 Å². The average Bonchev–Trinajstić information content (AvgIpc) is 2.69. The fraction of sp³-hybridized carbons (Fsp3) is 0.0588. The highest BCUT2D eigenvalue weighted by Crippen LogP contribution is 2.20. The van der Waals surface area contributed by atoms with Gasteiger partial charge in [0, 0.05) is 29.7 Å². The minimum absolute atomic E-state index is 0.0704. The number of alkyl halides is 3. The highest BCUT2D eigenvalue weighted by Gasteiger charge is 2.38. The number of carbonyl (C=O) groups is 2. The molecule has 29 heavy (non-hydrogen) atoms. The number of pyridine rings is 2. The molecule has 0 fully saturated rings.